The van der Waals surface area contributed by atoms with Gasteiger partial charge in [0, 0.05) is 18.9 Å². The Morgan fingerprint density at radius 2 is 1.89 bits per heavy atom. The molecular formula is C21H20N4O2S. The maximum absolute atomic E-state index is 12.1. The van der Waals surface area contributed by atoms with Crippen LogP contribution in [-0.2, 0) is 29.2 Å². The molecule has 0 aliphatic carbocycles. The van der Waals surface area contributed by atoms with Crippen LogP contribution in [0.3, 0.4) is 0 Å². The van der Waals surface area contributed by atoms with Crippen molar-refractivity contribution in [3.05, 3.63) is 83.1 Å². The molecule has 0 aliphatic heterocycles. The first-order valence-corrected chi connectivity index (χ1v) is 9.83. The molecule has 0 atom stereocenters. The molecule has 0 bridgehead atoms. The lowest BCUT2D eigenvalue weighted by Crippen LogP contribution is -2.27. The molecule has 6 nitrogen and oxygen atoms in total. The van der Waals surface area contributed by atoms with Crippen molar-refractivity contribution in [3.8, 4) is 0 Å². The molecule has 0 unspecified atom stereocenters. The van der Waals surface area contributed by atoms with Crippen molar-refractivity contribution in [1.29, 1.82) is 0 Å². The third-order valence-corrected chi connectivity index (χ3v) is 5.29. The molecule has 0 spiro atoms. The Kier molecular flexibility index (Phi) is 5.75. The summed E-state index contributed by atoms with van der Waals surface area (Å²) in [6.45, 7) is 1.48. The van der Waals surface area contributed by atoms with E-state index in [2.05, 4.69) is 15.4 Å². The van der Waals surface area contributed by atoms with Gasteiger partial charge in [-0.1, -0.05) is 36.4 Å². The summed E-state index contributed by atoms with van der Waals surface area (Å²) < 4.78 is 8.52. The predicted octanol–water partition coefficient (Wildman–Crippen LogP) is 3.37. The van der Waals surface area contributed by atoms with Gasteiger partial charge in [-0.3, -0.25) is 9.48 Å². The van der Waals surface area contributed by atoms with Crippen molar-refractivity contribution < 1.29 is 9.53 Å². The largest absolute Gasteiger partial charge is 0.364 e. The first-order chi connectivity index (χ1) is 13.8. The van der Waals surface area contributed by atoms with Crippen LogP contribution < -0.4 is 5.32 Å². The molecule has 1 amide bonds. The first-order valence-electron chi connectivity index (χ1n) is 9.01. The molecule has 1 N–H and O–H groups in total. The van der Waals surface area contributed by atoms with E-state index in [1.54, 1.807) is 17.5 Å². The highest BCUT2D eigenvalue weighted by Crippen LogP contribution is 2.21. The predicted molar refractivity (Wildman–Crippen MR) is 109 cm³/mol. The molecule has 4 rings (SSSR count). The minimum atomic E-state index is -0.144. The van der Waals surface area contributed by atoms with Gasteiger partial charge in [0.05, 0.1) is 23.4 Å². The topological polar surface area (TPSA) is 69.0 Å². The summed E-state index contributed by atoms with van der Waals surface area (Å²) in [4.78, 5) is 16.6. The molecule has 28 heavy (non-hydrogen) atoms. The van der Waals surface area contributed by atoms with E-state index in [4.69, 9.17) is 4.74 Å². The van der Waals surface area contributed by atoms with E-state index < -0.39 is 0 Å². The number of ether oxygens (including phenoxy) is 1. The fourth-order valence-electron chi connectivity index (χ4n) is 2.91. The SMILES string of the molecule is O=C(COCc1nc2ccccc2s1)NCc1ccccc1Cn1cccn1. The van der Waals surface area contributed by atoms with Crippen LogP contribution in [0.15, 0.2) is 67.0 Å². The van der Waals surface area contributed by atoms with E-state index in [1.165, 1.54) is 0 Å². The summed E-state index contributed by atoms with van der Waals surface area (Å²) in [6.07, 6.45) is 3.68. The molecule has 0 radical (unpaired) electrons. The minimum absolute atomic E-state index is 0.0112. The zero-order valence-electron chi connectivity index (χ0n) is 15.2. The fourth-order valence-corrected chi connectivity index (χ4v) is 3.82. The van der Waals surface area contributed by atoms with Crippen molar-refractivity contribution in [2.45, 2.75) is 19.7 Å². The highest BCUT2D eigenvalue weighted by molar-refractivity contribution is 7.18. The molecule has 142 valence electrons. The summed E-state index contributed by atoms with van der Waals surface area (Å²) in [5.41, 5.74) is 3.16. The zero-order chi connectivity index (χ0) is 19.2. The van der Waals surface area contributed by atoms with Gasteiger partial charge in [0.15, 0.2) is 0 Å². The molecule has 2 aromatic heterocycles. The van der Waals surface area contributed by atoms with Crippen LogP contribution in [0.2, 0.25) is 0 Å². The third-order valence-electron chi connectivity index (χ3n) is 4.28. The highest BCUT2D eigenvalue weighted by atomic mass is 32.1. The van der Waals surface area contributed by atoms with Crippen molar-refractivity contribution in [3.63, 3.8) is 0 Å². The molecule has 0 saturated carbocycles. The summed E-state index contributed by atoms with van der Waals surface area (Å²) >= 11 is 1.59. The number of hydrogen-bond donors (Lipinski definition) is 1. The molecule has 4 aromatic rings. The summed E-state index contributed by atoms with van der Waals surface area (Å²) in [5.74, 6) is -0.144. The lowest BCUT2D eigenvalue weighted by atomic mass is 10.1. The van der Waals surface area contributed by atoms with E-state index in [0.717, 1.165) is 26.4 Å². The second-order valence-corrected chi connectivity index (χ2v) is 7.43. The fraction of sp³-hybridized carbons (Fsp3) is 0.190. The van der Waals surface area contributed by atoms with Gasteiger partial charge < -0.3 is 10.1 Å². The molecule has 7 heteroatoms. The second-order valence-electron chi connectivity index (χ2n) is 6.32. The van der Waals surface area contributed by atoms with Crippen molar-refractivity contribution in [1.82, 2.24) is 20.1 Å². The molecule has 0 fully saturated rings. The molecule has 0 saturated heterocycles. The minimum Gasteiger partial charge on any atom is -0.364 e. The Morgan fingerprint density at radius 3 is 2.71 bits per heavy atom. The standard InChI is InChI=1S/C21H20N4O2S/c26-20(14-27-15-21-24-18-8-3-4-9-19(18)28-21)22-12-16-6-1-2-7-17(16)13-25-11-5-10-23-25/h1-11H,12-15H2,(H,22,26). The number of aromatic nitrogens is 3. The van der Waals surface area contributed by atoms with E-state index in [1.807, 2.05) is 65.5 Å². The summed E-state index contributed by atoms with van der Waals surface area (Å²) in [5, 5.41) is 8.03. The van der Waals surface area contributed by atoms with Crippen LogP contribution in [0.1, 0.15) is 16.1 Å². The number of benzene rings is 2. The summed E-state index contributed by atoms with van der Waals surface area (Å²) in [6, 6.07) is 17.9. The highest BCUT2D eigenvalue weighted by Gasteiger charge is 2.08. The van der Waals surface area contributed by atoms with Crippen molar-refractivity contribution in [2.75, 3.05) is 6.61 Å². The van der Waals surface area contributed by atoms with Gasteiger partial charge in [0.25, 0.3) is 0 Å². The average molecular weight is 392 g/mol. The molecule has 0 aliphatic rings. The van der Waals surface area contributed by atoms with Gasteiger partial charge in [0.2, 0.25) is 5.91 Å². The van der Waals surface area contributed by atoms with Crippen LogP contribution in [0.25, 0.3) is 10.2 Å². The number of nitrogens with zero attached hydrogens (tertiary/aromatic N) is 3. The monoisotopic (exact) mass is 392 g/mol. The normalized spacial score (nSPS) is 11.0. The average Bonchev–Trinajstić information content (AvgIpc) is 3.36. The van der Waals surface area contributed by atoms with Crippen LogP contribution in [-0.4, -0.2) is 27.3 Å². The Labute approximate surface area is 166 Å². The smallest absolute Gasteiger partial charge is 0.246 e. The Morgan fingerprint density at radius 1 is 1.07 bits per heavy atom. The molecular weight excluding hydrogens is 372 g/mol. The Balaban J connectivity index is 1.26. The van der Waals surface area contributed by atoms with Gasteiger partial charge in [-0.2, -0.15) is 5.10 Å². The number of hydrogen-bond acceptors (Lipinski definition) is 5. The quantitative estimate of drug-likeness (QED) is 0.499. The lowest BCUT2D eigenvalue weighted by Gasteiger charge is -2.11. The Hall–Kier alpha value is -3.03. The maximum Gasteiger partial charge on any atom is 0.246 e. The number of fused-ring (bicyclic) bond motifs is 1. The van der Waals surface area contributed by atoms with Crippen LogP contribution in [0.5, 0.6) is 0 Å². The van der Waals surface area contributed by atoms with Gasteiger partial charge in [0.1, 0.15) is 11.6 Å². The van der Waals surface area contributed by atoms with E-state index in [9.17, 15) is 4.79 Å². The second kappa shape index (κ2) is 8.77. The number of nitrogens with one attached hydrogen (secondary N) is 1. The first kappa shape index (κ1) is 18.3. The van der Waals surface area contributed by atoms with Crippen LogP contribution in [0, 0.1) is 0 Å². The van der Waals surface area contributed by atoms with Gasteiger partial charge in [-0.25, -0.2) is 4.98 Å². The van der Waals surface area contributed by atoms with Crippen LogP contribution >= 0.6 is 11.3 Å². The Bertz CT molecular complexity index is 1030. The third kappa shape index (κ3) is 4.62. The number of carbonyl (C=O) groups is 1. The van der Waals surface area contributed by atoms with E-state index >= 15 is 0 Å². The van der Waals surface area contributed by atoms with Crippen molar-refractivity contribution in [2.24, 2.45) is 0 Å². The summed E-state index contributed by atoms with van der Waals surface area (Å²) in [7, 11) is 0. The number of amides is 1. The van der Waals surface area contributed by atoms with Gasteiger partial charge in [-0.15, -0.1) is 11.3 Å². The van der Waals surface area contributed by atoms with Gasteiger partial charge >= 0.3 is 0 Å². The van der Waals surface area contributed by atoms with Crippen molar-refractivity contribution >= 4 is 27.5 Å². The molecule has 2 aromatic carbocycles. The zero-order valence-corrected chi connectivity index (χ0v) is 16.1. The van der Waals surface area contributed by atoms with E-state index in [0.29, 0.717) is 19.7 Å². The number of rotatable bonds is 8. The number of para-hydroxylation sites is 1. The lowest BCUT2D eigenvalue weighted by molar-refractivity contribution is -0.126. The molecule has 2 heterocycles. The van der Waals surface area contributed by atoms with Crippen LogP contribution in [0.4, 0.5) is 0 Å². The number of carbonyl (C=O) groups excluding carboxylic acids is 1. The van der Waals surface area contributed by atoms with Gasteiger partial charge in [-0.05, 0) is 29.3 Å². The van der Waals surface area contributed by atoms with E-state index in [-0.39, 0.29) is 12.5 Å². The maximum atomic E-state index is 12.1. The number of thiazole rings is 1.